The van der Waals surface area contributed by atoms with Crippen LogP contribution in [0.4, 0.5) is 5.13 Å². The molecule has 1 fully saturated rings. The van der Waals surface area contributed by atoms with Crippen LogP contribution in [0.2, 0.25) is 0 Å². The number of nitrogens with zero attached hydrogens (tertiary/aromatic N) is 2. The van der Waals surface area contributed by atoms with E-state index < -0.39 is 0 Å². The van der Waals surface area contributed by atoms with Gasteiger partial charge in [-0.3, -0.25) is 4.79 Å². The van der Waals surface area contributed by atoms with Crippen molar-refractivity contribution in [1.82, 2.24) is 10.2 Å². The van der Waals surface area contributed by atoms with E-state index in [4.69, 9.17) is 4.74 Å². The van der Waals surface area contributed by atoms with Gasteiger partial charge in [-0.1, -0.05) is 37.3 Å². The van der Waals surface area contributed by atoms with Crippen LogP contribution in [0, 0.1) is 0 Å². The van der Waals surface area contributed by atoms with Gasteiger partial charge in [-0.2, -0.15) is 0 Å². The van der Waals surface area contributed by atoms with Crippen molar-refractivity contribution in [3.63, 3.8) is 0 Å². The minimum Gasteiger partial charge on any atom is -0.490 e. The topological polar surface area (TPSA) is 64.1 Å². The standard InChI is InChI=1S/C19H25N3O2S/c1-13(2)18-21-22-19(25-18)20-17(23)11-10-14-6-5-9-16(12-14)24-15-7-3-4-8-15/h5-6,9,12-13,15H,3-4,7-8,10-11H2,1-2H3,(H,20,22,23). The largest absolute Gasteiger partial charge is 0.490 e. The molecule has 0 saturated heterocycles. The number of carbonyl (C=O) groups is 1. The number of benzene rings is 1. The highest BCUT2D eigenvalue weighted by atomic mass is 32.1. The Morgan fingerprint density at radius 2 is 2.12 bits per heavy atom. The fraction of sp³-hybridized carbons (Fsp3) is 0.526. The van der Waals surface area contributed by atoms with Crippen molar-refractivity contribution in [3.05, 3.63) is 34.8 Å². The third-order valence-electron chi connectivity index (χ3n) is 4.33. The molecular weight excluding hydrogens is 334 g/mol. The van der Waals surface area contributed by atoms with Crippen molar-refractivity contribution in [1.29, 1.82) is 0 Å². The summed E-state index contributed by atoms with van der Waals surface area (Å²) in [4.78, 5) is 12.1. The van der Waals surface area contributed by atoms with Crippen LogP contribution >= 0.6 is 11.3 Å². The first kappa shape index (κ1) is 17.9. The number of anilines is 1. The van der Waals surface area contributed by atoms with Crippen molar-refractivity contribution >= 4 is 22.4 Å². The molecule has 1 aliphatic carbocycles. The van der Waals surface area contributed by atoms with Crippen LogP contribution in [0.1, 0.15) is 62.4 Å². The van der Waals surface area contributed by atoms with Gasteiger partial charge in [0.1, 0.15) is 10.8 Å². The average molecular weight is 359 g/mol. The molecule has 25 heavy (non-hydrogen) atoms. The van der Waals surface area contributed by atoms with Crippen LogP contribution in [0.5, 0.6) is 5.75 Å². The Morgan fingerprint density at radius 1 is 1.32 bits per heavy atom. The van der Waals surface area contributed by atoms with E-state index in [1.165, 1.54) is 24.2 Å². The lowest BCUT2D eigenvalue weighted by Crippen LogP contribution is -2.12. The molecule has 2 aromatic rings. The molecule has 3 rings (SSSR count). The number of hydrogen-bond acceptors (Lipinski definition) is 5. The van der Waals surface area contributed by atoms with Gasteiger partial charge in [-0.05, 0) is 49.8 Å². The highest BCUT2D eigenvalue weighted by Gasteiger charge is 2.16. The van der Waals surface area contributed by atoms with Crippen LogP contribution in [0.3, 0.4) is 0 Å². The van der Waals surface area contributed by atoms with E-state index in [1.54, 1.807) is 0 Å². The summed E-state index contributed by atoms with van der Waals surface area (Å²) in [5.74, 6) is 1.20. The lowest BCUT2D eigenvalue weighted by atomic mass is 10.1. The summed E-state index contributed by atoms with van der Waals surface area (Å²) in [6.07, 6.45) is 6.27. The predicted octanol–water partition coefficient (Wildman–Crippen LogP) is 4.55. The van der Waals surface area contributed by atoms with Gasteiger partial charge in [0.2, 0.25) is 11.0 Å². The minimum absolute atomic E-state index is 0.0337. The van der Waals surface area contributed by atoms with Crippen LogP contribution in [-0.2, 0) is 11.2 Å². The molecule has 6 heteroatoms. The second-order valence-electron chi connectivity index (χ2n) is 6.82. The Hall–Kier alpha value is -1.95. The Bertz CT molecular complexity index is 708. The SMILES string of the molecule is CC(C)c1nnc(NC(=O)CCc2cccc(OC3CCCC3)c2)s1. The number of nitrogens with one attached hydrogen (secondary N) is 1. The predicted molar refractivity (Wildman–Crippen MR) is 100 cm³/mol. The molecule has 0 spiro atoms. The number of carbonyl (C=O) groups excluding carboxylic acids is 1. The first-order valence-electron chi connectivity index (χ1n) is 8.99. The Kier molecular flexibility index (Phi) is 6.02. The molecule has 0 radical (unpaired) electrons. The van der Waals surface area contributed by atoms with Crippen molar-refractivity contribution < 1.29 is 9.53 Å². The molecule has 0 unspecified atom stereocenters. The zero-order valence-corrected chi connectivity index (χ0v) is 15.6. The number of amides is 1. The van der Waals surface area contributed by atoms with Crippen molar-refractivity contribution in [2.45, 2.75) is 64.4 Å². The third-order valence-corrected chi connectivity index (χ3v) is 5.46. The lowest BCUT2D eigenvalue weighted by Gasteiger charge is -2.13. The first-order valence-corrected chi connectivity index (χ1v) is 9.80. The monoisotopic (exact) mass is 359 g/mol. The third kappa shape index (κ3) is 5.26. The number of rotatable bonds is 7. The van der Waals surface area contributed by atoms with Gasteiger partial charge < -0.3 is 10.1 Å². The second-order valence-corrected chi connectivity index (χ2v) is 7.83. The van der Waals surface area contributed by atoms with E-state index in [1.807, 2.05) is 24.3 Å². The highest BCUT2D eigenvalue weighted by Crippen LogP contribution is 2.25. The van der Waals surface area contributed by atoms with Crippen LogP contribution < -0.4 is 10.1 Å². The van der Waals surface area contributed by atoms with E-state index in [0.29, 0.717) is 30.0 Å². The molecule has 134 valence electrons. The van der Waals surface area contributed by atoms with Gasteiger partial charge in [0, 0.05) is 12.3 Å². The zero-order chi connectivity index (χ0) is 17.6. The van der Waals surface area contributed by atoms with Crippen LogP contribution in [-0.4, -0.2) is 22.2 Å². The maximum atomic E-state index is 12.1. The summed E-state index contributed by atoms with van der Waals surface area (Å²) in [5.41, 5.74) is 1.12. The van der Waals surface area contributed by atoms with E-state index in [2.05, 4.69) is 29.4 Å². The molecule has 1 aromatic heterocycles. The molecular formula is C19H25N3O2S. The highest BCUT2D eigenvalue weighted by molar-refractivity contribution is 7.15. The van der Waals surface area contributed by atoms with E-state index in [9.17, 15) is 4.79 Å². The fourth-order valence-corrected chi connectivity index (χ4v) is 3.69. The summed E-state index contributed by atoms with van der Waals surface area (Å²) in [5, 5.41) is 12.5. The number of hydrogen-bond donors (Lipinski definition) is 1. The average Bonchev–Trinajstić information content (AvgIpc) is 3.25. The summed E-state index contributed by atoms with van der Waals surface area (Å²) >= 11 is 1.44. The lowest BCUT2D eigenvalue weighted by molar-refractivity contribution is -0.116. The van der Waals surface area contributed by atoms with Gasteiger partial charge in [-0.25, -0.2) is 0 Å². The maximum absolute atomic E-state index is 12.1. The summed E-state index contributed by atoms with van der Waals surface area (Å²) in [6.45, 7) is 4.12. The smallest absolute Gasteiger partial charge is 0.226 e. The minimum atomic E-state index is -0.0337. The maximum Gasteiger partial charge on any atom is 0.226 e. The van der Waals surface area contributed by atoms with Gasteiger partial charge in [0.25, 0.3) is 0 Å². The zero-order valence-electron chi connectivity index (χ0n) is 14.8. The molecule has 5 nitrogen and oxygen atoms in total. The molecule has 1 N–H and O–H groups in total. The van der Waals surface area contributed by atoms with Gasteiger partial charge in [0.15, 0.2) is 0 Å². The Morgan fingerprint density at radius 3 is 2.84 bits per heavy atom. The van der Waals surface area contributed by atoms with E-state index >= 15 is 0 Å². The molecule has 0 atom stereocenters. The number of ether oxygens (including phenoxy) is 1. The Balaban J connectivity index is 1.49. The summed E-state index contributed by atoms with van der Waals surface area (Å²) in [6, 6.07) is 8.08. The van der Waals surface area contributed by atoms with Gasteiger partial charge in [-0.15, -0.1) is 10.2 Å². The number of aromatic nitrogens is 2. The van der Waals surface area contributed by atoms with Crippen molar-refractivity contribution in [3.8, 4) is 5.75 Å². The van der Waals surface area contributed by atoms with Crippen molar-refractivity contribution in [2.75, 3.05) is 5.32 Å². The summed E-state index contributed by atoms with van der Waals surface area (Å²) in [7, 11) is 0. The molecule has 0 aliphatic heterocycles. The van der Waals surface area contributed by atoms with Gasteiger partial charge >= 0.3 is 0 Å². The molecule has 0 bridgehead atoms. The fourth-order valence-electron chi connectivity index (χ4n) is 2.93. The summed E-state index contributed by atoms with van der Waals surface area (Å²) < 4.78 is 6.03. The van der Waals surface area contributed by atoms with Crippen LogP contribution in [0.15, 0.2) is 24.3 Å². The van der Waals surface area contributed by atoms with E-state index in [-0.39, 0.29) is 5.91 Å². The molecule has 1 amide bonds. The molecule has 1 saturated carbocycles. The quantitative estimate of drug-likeness (QED) is 0.787. The number of aryl methyl sites for hydroxylation is 1. The van der Waals surface area contributed by atoms with Crippen molar-refractivity contribution in [2.24, 2.45) is 0 Å². The Labute approximate surface area is 152 Å². The molecule has 1 aliphatic rings. The second kappa shape index (κ2) is 8.43. The molecule has 1 aromatic carbocycles. The van der Waals surface area contributed by atoms with Gasteiger partial charge in [0.05, 0.1) is 6.10 Å². The van der Waals surface area contributed by atoms with Crippen LogP contribution in [0.25, 0.3) is 0 Å². The first-order chi connectivity index (χ1) is 12.1. The molecule has 1 heterocycles. The van der Waals surface area contributed by atoms with E-state index in [0.717, 1.165) is 29.2 Å². The normalized spacial score (nSPS) is 14.8.